The molecule has 20 heavy (non-hydrogen) atoms. The molecule has 1 rings (SSSR count). The second-order valence-corrected chi connectivity index (χ2v) is 5.33. The summed E-state index contributed by atoms with van der Waals surface area (Å²) in [4.78, 5) is 7.10. The Kier molecular flexibility index (Phi) is 7.31. The summed E-state index contributed by atoms with van der Waals surface area (Å²) in [7, 11) is 0. The van der Waals surface area contributed by atoms with E-state index in [1.165, 1.54) is 16.8 Å². The van der Waals surface area contributed by atoms with Crippen LogP contribution in [0.15, 0.2) is 24.3 Å². The summed E-state index contributed by atoms with van der Waals surface area (Å²) >= 11 is 0. The second kappa shape index (κ2) is 8.75. The molecule has 0 aliphatic heterocycles. The highest BCUT2D eigenvalue weighted by molar-refractivity contribution is 5.44. The second-order valence-electron chi connectivity index (χ2n) is 5.33. The van der Waals surface area contributed by atoms with Crippen LogP contribution in [0.2, 0.25) is 0 Å². The van der Waals surface area contributed by atoms with Crippen molar-refractivity contribution in [3.05, 3.63) is 35.5 Å². The predicted molar refractivity (Wildman–Crippen MR) is 88.3 cm³/mol. The zero-order valence-electron chi connectivity index (χ0n) is 13.5. The van der Waals surface area contributed by atoms with E-state index < -0.39 is 0 Å². The smallest absolute Gasteiger partial charge is 0.129 e. The van der Waals surface area contributed by atoms with Crippen molar-refractivity contribution < 1.29 is 0 Å². The Bertz CT molecular complexity index is 426. The van der Waals surface area contributed by atoms with Crippen molar-refractivity contribution in [2.24, 2.45) is 0 Å². The summed E-state index contributed by atoms with van der Waals surface area (Å²) in [5.74, 6) is 1.08. The van der Waals surface area contributed by atoms with Gasteiger partial charge in [0.25, 0.3) is 0 Å². The van der Waals surface area contributed by atoms with Crippen LogP contribution >= 0.6 is 0 Å². The Hall–Kier alpha value is -1.35. The molecule has 0 unspecified atom stereocenters. The van der Waals surface area contributed by atoms with Gasteiger partial charge in [-0.1, -0.05) is 32.4 Å². The first-order chi connectivity index (χ1) is 9.60. The predicted octanol–water partition coefficient (Wildman–Crippen LogP) is 3.55. The number of likely N-dealkylation sites (N-methyl/N-ethyl adjacent to an activating group) is 1. The van der Waals surface area contributed by atoms with Gasteiger partial charge in [-0.25, -0.2) is 4.98 Å². The third kappa shape index (κ3) is 5.33. The van der Waals surface area contributed by atoms with Gasteiger partial charge < -0.3 is 10.2 Å². The third-order valence-corrected chi connectivity index (χ3v) is 3.18. The van der Waals surface area contributed by atoms with Gasteiger partial charge >= 0.3 is 0 Å². The molecule has 0 amide bonds. The lowest BCUT2D eigenvalue weighted by atomic mass is 10.1. The molecule has 0 atom stereocenters. The molecule has 1 aromatic heterocycles. The molecule has 0 aliphatic rings. The average molecular weight is 275 g/mol. The standard InChI is InChI=1S/C17H29N3/c1-6-9-16-10-15(12-18-7-2)11-17(19-16)20(8-3)13-14(4)5/h10-11,18H,4,6-9,12-13H2,1-3,5H3. The maximum absolute atomic E-state index is 4.81. The van der Waals surface area contributed by atoms with Crippen LogP contribution in [0.4, 0.5) is 5.82 Å². The number of aryl methyl sites for hydroxylation is 1. The number of aromatic nitrogens is 1. The Morgan fingerprint density at radius 2 is 2.05 bits per heavy atom. The SMILES string of the molecule is C=C(C)CN(CC)c1cc(CNCC)cc(CCC)n1. The molecule has 0 aromatic carbocycles. The van der Waals surface area contributed by atoms with Gasteiger partial charge in [-0.05, 0) is 44.5 Å². The Labute approximate surface area is 124 Å². The summed E-state index contributed by atoms with van der Waals surface area (Å²) in [6.07, 6.45) is 2.17. The molecule has 0 saturated carbocycles. The van der Waals surface area contributed by atoms with E-state index in [1.54, 1.807) is 0 Å². The molecule has 0 fully saturated rings. The van der Waals surface area contributed by atoms with Crippen LogP contribution in [0, 0.1) is 0 Å². The van der Waals surface area contributed by atoms with Crippen molar-refractivity contribution in [3.8, 4) is 0 Å². The Balaban J connectivity index is 3.01. The van der Waals surface area contributed by atoms with E-state index in [9.17, 15) is 0 Å². The first-order valence-electron chi connectivity index (χ1n) is 7.70. The van der Waals surface area contributed by atoms with E-state index in [1.807, 2.05) is 0 Å². The van der Waals surface area contributed by atoms with Gasteiger partial charge in [-0.2, -0.15) is 0 Å². The van der Waals surface area contributed by atoms with Crippen molar-refractivity contribution in [3.63, 3.8) is 0 Å². The summed E-state index contributed by atoms with van der Waals surface area (Å²) < 4.78 is 0. The third-order valence-electron chi connectivity index (χ3n) is 3.18. The number of hydrogen-bond donors (Lipinski definition) is 1. The van der Waals surface area contributed by atoms with Gasteiger partial charge in [0.05, 0.1) is 0 Å². The van der Waals surface area contributed by atoms with Crippen LogP contribution in [0.5, 0.6) is 0 Å². The molecule has 1 N–H and O–H groups in total. The van der Waals surface area contributed by atoms with Gasteiger partial charge in [-0.15, -0.1) is 0 Å². The molecule has 0 bridgehead atoms. The minimum atomic E-state index is 0.875. The molecule has 1 aromatic rings. The van der Waals surface area contributed by atoms with Crippen LogP contribution < -0.4 is 10.2 Å². The van der Waals surface area contributed by atoms with Crippen molar-refractivity contribution in [1.82, 2.24) is 10.3 Å². The molecule has 0 spiro atoms. The van der Waals surface area contributed by atoms with Crippen LogP contribution in [0.3, 0.4) is 0 Å². The molecule has 0 radical (unpaired) electrons. The zero-order chi connectivity index (χ0) is 15.0. The molecular formula is C17H29N3. The minimum Gasteiger partial charge on any atom is -0.353 e. The maximum atomic E-state index is 4.81. The highest BCUT2D eigenvalue weighted by Gasteiger charge is 2.09. The van der Waals surface area contributed by atoms with E-state index >= 15 is 0 Å². The summed E-state index contributed by atoms with van der Waals surface area (Å²) in [6, 6.07) is 4.43. The monoisotopic (exact) mass is 275 g/mol. The fourth-order valence-electron chi connectivity index (χ4n) is 2.23. The molecule has 112 valence electrons. The van der Waals surface area contributed by atoms with Gasteiger partial charge in [0.15, 0.2) is 0 Å². The van der Waals surface area contributed by atoms with Crippen LogP contribution in [0.1, 0.15) is 45.4 Å². The molecular weight excluding hydrogens is 246 g/mol. The fourth-order valence-corrected chi connectivity index (χ4v) is 2.23. The van der Waals surface area contributed by atoms with E-state index in [4.69, 9.17) is 4.98 Å². The van der Waals surface area contributed by atoms with Crippen molar-refractivity contribution in [2.75, 3.05) is 24.5 Å². The normalized spacial score (nSPS) is 10.6. The number of pyridine rings is 1. The van der Waals surface area contributed by atoms with Crippen LogP contribution in [-0.2, 0) is 13.0 Å². The molecule has 0 saturated heterocycles. The Morgan fingerprint density at radius 1 is 1.30 bits per heavy atom. The lowest BCUT2D eigenvalue weighted by Crippen LogP contribution is -2.26. The quantitative estimate of drug-likeness (QED) is 0.699. The van der Waals surface area contributed by atoms with E-state index in [0.29, 0.717) is 0 Å². The van der Waals surface area contributed by atoms with Gasteiger partial charge in [0.1, 0.15) is 5.82 Å². The van der Waals surface area contributed by atoms with E-state index in [2.05, 4.69) is 56.6 Å². The summed E-state index contributed by atoms with van der Waals surface area (Å²) in [5, 5.41) is 3.39. The minimum absolute atomic E-state index is 0.875. The number of anilines is 1. The van der Waals surface area contributed by atoms with Crippen molar-refractivity contribution in [2.45, 2.75) is 47.1 Å². The highest BCUT2D eigenvalue weighted by atomic mass is 15.2. The number of rotatable bonds is 9. The topological polar surface area (TPSA) is 28.2 Å². The van der Waals surface area contributed by atoms with Gasteiger partial charge in [-0.3, -0.25) is 0 Å². The first-order valence-corrected chi connectivity index (χ1v) is 7.70. The van der Waals surface area contributed by atoms with Crippen molar-refractivity contribution >= 4 is 5.82 Å². The lowest BCUT2D eigenvalue weighted by molar-refractivity contribution is 0.721. The zero-order valence-corrected chi connectivity index (χ0v) is 13.5. The maximum Gasteiger partial charge on any atom is 0.129 e. The van der Waals surface area contributed by atoms with E-state index in [-0.39, 0.29) is 0 Å². The van der Waals surface area contributed by atoms with Crippen LogP contribution in [0.25, 0.3) is 0 Å². The Morgan fingerprint density at radius 3 is 2.60 bits per heavy atom. The molecule has 3 nitrogen and oxygen atoms in total. The van der Waals surface area contributed by atoms with Crippen LogP contribution in [-0.4, -0.2) is 24.6 Å². The largest absolute Gasteiger partial charge is 0.353 e. The van der Waals surface area contributed by atoms with E-state index in [0.717, 1.165) is 44.8 Å². The fraction of sp³-hybridized carbons (Fsp3) is 0.588. The lowest BCUT2D eigenvalue weighted by Gasteiger charge is -2.23. The molecule has 3 heteroatoms. The number of nitrogens with zero attached hydrogens (tertiary/aromatic N) is 2. The summed E-state index contributed by atoms with van der Waals surface area (Å²) in [5.41, 5.74) is 3.68. The van der Waals surface area contributed by atoms with Gasteiger partial charge in [0.2, 0.25) is 0 Å². The summed E-state index contributed by atoms with van der Waals surface area (Å²) in [6.45, 7) is 16.3. The first kappa shape index (κ1) is 16.7. The number of hydrogen-bond acceptors (Lipinski definition) is 3. The average Bonchev–Trinajstić information content (AvgIpc) is 2.42. The molecule has 1 heterocycles. The highest BCUT2D eigenvalue weighted by Crippen LogP contribution is 2.17. The molecule has 0 aliphatic carbocycles. The van der Waals surface area contributed by atoms with Gasteiger partial charge in [0, 0.05) is 25.3 Å². The van der Waals surface area contributed by atoms with Crippen molar-refractivity contribution in [1.29, 1.82) is 0 Å². The number of nitrogens with one attached hydrogen (secondary N) is 1.